The quantitative estimate of drug-likeness (QED) is 0.545. The fourth-order valence-electron chi connectivity index (χ4n) is 2.54. The van der Waals surface area contributed by atoms with Gasteiger partial charge in [-0.25, -0.2) is 9.67 Å². The first-order valence-corrected chi connectivity index (χ1v) is 9.05. The van der Waals surface area contributed by atoms with E-state index in [2.05, 4.69) is 15.4 Å². The lowest BCUT2D eigenvalue weighted by Gasteiger charge is -2.07. The van der Waals surface area contributed by atoms with Gasteiger partial charge in [-0.15, -0.1) is 0 Å². The Morgan fingerprint density at radius 2 is 2.00 bits per heavy atom. The maximum absolute atomic E-state index is 12.2. The van der Waals surface area contributed by atoms with E-state index in [9.17, 15) is 4.79 Å². The van der Waals surface area contributed by atoms with Gasteiger partial charge in [0.15, 0.2) is 5.16 Å². The Bertz CT molecular complexity index is 866. The molecule has 0 spiro atoms. The molecule has 6 nitrogen and oxygen atoms in total. The van der Waals surface area contributed by atoms with Gasteiger partial charge in [0.05, 0.1) is 11.4 Å². The zero-order valence-electron chi connectivity index (χ0n) is 14.6. The smallest absolute Gasteiger partial charge is 0.251 e. The average molecular weight is 355 g/mol. The molecule has 0 aliphatic carbocycles. The molecule has 130 valence electrons. The summed E-state index contributed by atoms with van der Waals surface area (Å²) >= 11 is 1.62. The van der Waals surface area contributed by atoms with Crippen molar-refractivity contribution in [1.29, 1.82) is 0 Å². The van der Waals surface area contributed by atoms with E-state index >= 15 is 0 Å². The summed E-state index contributed by atoms with van der Waals surface area (Å²) in [7, 11) is 1.96. The number of nitrogens with one attached hydrogen (secondary N) is 1. The number of hydrogen-bond donors (Lipinski definition) is 1. The van der Waals surface area contributed by atoms with Gasteiger partial charge in [0.25, 0.3) is 5.91 Å². The molecule has 3 aromatic rings. The summed E-state index contributed by atoms with van der Waals surface area (Å²) < 4.78 is 3.84. The van der Waals surface area contributed by atoms with Crippen LogP contribution < -0.4 is 5.32 Å². The van der Waals surface area contributed by atoms with Crippen LogP contribution in [0.4, 0.5) is 0 Å². The molecule has 25 heavy (non-hydrogen) atoms. The van der Waals surface area contributed by atoms with Crippen LogP contribution in [0, 0.1) is 13.8 Å². The third-order valence-corrected chi connectivity index (χ3v) is 4.84. The van der Waals surface area contributed by atoms with Gasteiger partial charge in [0.1, 0.15) is 0 Å². The molecule has 3 rings (SSSR count). The minimum atomic E-state index is -0.0691. The Morgan fingerprint density at radius 3 is 2.60 bits per heavy atom. The van der Waals surface area contributed by atoms with Crippen molar-refractivity contribution in [2.45, 2.75) is 19.0 Å². The van der Waals surface area contributed by atoms with Crippen molar-refractivity contribution >= 4 is 17.7 Å². The van der Waals surface area contributed by atoms with Gasteiger partial charge in [0, 0.05) is 43.0 Å². The molecule has 0 fully saturated rings. The third kappa shape index (κ3) is 4.11. The Kier molecular flexibility index (Phi) is 5.23. The minimum Gasteiger partial charge on any atom is -0.351 e. The van der Waals surface area contributed by atoms with Gasteiger partial charge >= 0.3 is 0 Å². The second-order valence-corrected chi connectivity index (χ2v) is 6.87. The Labute approximate surface area is 151 Å². The molecule has 1 amide bonds. The van der Waals surface area contributed by atoms with Crippen LogP contribution >= 0.6 is 11.8 Å². The molecule has 2 heterocycles. The van der Waals surface area contributed by atoms with Gasteiger partial charge in [0.2, 0.25) is 0 Å². The number of imidazole rings is 1. The highest BCUT2D eigenvalue weighted by atomic mass is 32.2. The zero-order chi connectivity index (χ0) is 17.8. The molecule has 0 bridgehead atoms. The summed E-state index contributed by atoms with van der Waals surface area (Å²) in [5.74, 6) is 0.709. The predicted octanol–water partition coefficient (Wildman–Crippen LogP) is 2.74. The van der Waals surface area contributed by atoms with Crippen molar-refractivity contribution in [3.05, 3.63) is 59.7 Å². The second kappa shape index (κ2) is 7.57. The van der Waals surface area contributed by atoms with Crippen LogP contribution in [0.5, 0.6) is 0 Å². The molecule has 1 N–H and O–H groups in total. The molecule has 0 atom stereocenters. The van der Waals surface area contributed by atoms with Crippen LogP contribution in [0.2, 0.25) is 0 Å². The number of hydrogen-bond acceptors (Lipinski definition) is 4. The van der Waals surface area contributed by atoms with Crippen molar-refractivity contribution in [2.75, 3.05) is 12.3 Å². The first kappa shape index (κ1) is 17.3. The Morgan fingerprint density at radius 1 is 1.24 bits per heavy atom. The van der Waals surface area contributed by atoms with E-state index in [1.807, 2.05) is 66.7 Å². The van der Waals surface area contributed by atoms with E-state index in [0.29, 0.717) is 12.1 Å². The number of nitrogens with zero attached hydrogens (tertiary/aromatic N) is 4. The van der Waals surface area contributed by atoms with Crippen LogP contribution in [0.25, 0.3) is 5.69 Å². The number of amides is 1. The van der Waals surface area contributed by atoms with E-state index in [4.69, 9.17) is 0 Å². The molecule has 0 radical (unpaired) electrons. The number of benzene rings is 1. The molecular formula is C18H21N5OS. The lowest BCUT2D eigenvalue weighted by molar-refractivity contribution is 0.0956. The molecule has 0 unspecified atom stereocenters. The van der Waals surface area contributed by atoms with E-state index < -0.39 is 0 Å². The largest absolute Gasteiger partial charge is 0.351 e. The molecular weight excluding hydrogens is 334 g/mol. The lowest BCUT2D eigenvalue weighted by Crippen LogP contribution is -2.25. The maximum atomic E-state index is 12.2. The third-order valence-electron chi connectivity index (χ3n) is 3.78. The summed E-state index contributed by atoms with van der Waals surface area (Å²) in [5, 5.41) is 8.34. The van der Waals surface area contributed by atoms with Crippen LogP contribution in [-0.2, 0) is 7.05 Å². The maximum Gasteiger partial charge on any atom is 0.251 e. The van der Waals surface area contributed by atoms with E-state index in [-0.39, 0.29) is 5.91 Å². The van der Waals surface area contributed by atoms with E-state index in [1.165, 1.54) is 0 Å². The fourth-order valence-corrected chi connectivity index (χ4v) is 3.33. The van der Waals surface area contributed by atoms with E-state index in [0.717, 1.165) is 28.0 Å². The molecule has 0 aliphatic rings. The molecule has 0 saturated carbocycles. The highest BCUT2D eigenvalue weighted by Gasteiger charge is 2.08. The van der Waals surface area contributed by atoms with Crippen molar-refractivity contribution in [1.82, 2.24) is 24.6 Å². The monoisotopic (exact) mass is 355 g/mol. The number of carbonyl (C=O) groups is 1. The summed E-state index contributed by atoms with van der Waals surface area (Å²) in [6, 6.07) is 9.51. The summed E-state index contributed by atoms with van der Waals surface area (Å²) in [4.78, 5) is 16.5. The molecule has 0 aliphatic heterocycles. The highest BCUT2D eigenvalue weighted by Crippen LogP contribution is 2.14. The highest BCUT2D eigenvalue weighted by molar-refractivity contribution is 7.99. The van der Waals surface area contributed by atoms with Crippen LogP contribution in [0.1, 0.15) is 21.7 Å². The first-order chi connectivity index (χ1) is 12.0. The molecule has 2 aromatic heterocycles. The Hall–Kier alpha value is -2.54. The van der Waals surface area contributed by atoms with Crippen LogP contribution in [-0.4, -0.2) is 37.5 Å². The minimum absolute atomic E-state index is 0.0691. The predicted molar refractivity (Wildman–Crippen MR) is 99.3 cm³/mol. The SMILES string of the molecule is Cc1cc(C)n(-c2ccc(C(=O)NCCSc3nccn3C)cc2)n1. The molecule has 0 saturated heterocycles. The number of aryl methyl sites for hydroxylation is 3. The second-order valence-electron chi connectivity index (χ2n) is 5.81. The van der Waals surface area contributed by atoms with Crippen molar-refractivity contribution in [3.63, 3.8) is 0 Å². The molecule has 7 heteroatoms. The van der Waals surface area contributed by atoms with Crippen LogP contribution in [0.3, 0.4) is 0 Å². The molecule has 1 aromatic carbocycles. The first-order valence-electron chi connectivity index (χ1n) is 8.06. The van der Waals surface area contributed by atoms with Gasteiger partial charge in [-0.3, -0.25) is 4.79 Å². The van der Waals surface area contributed by atoms with Crippen molar-refractivity contribution in [2.24, 2.45) is 7.05 Å². The summed E-state index contributed by atoms with van der Waals surface area (Å²) in [6.07, 6.45) is 3.68. The fraction of sp³-hybridized carbons (Fsp3) is 0.278. The normalized spacial score (nSPS) is 10.8. The lowest BCUT2D eigenvalue weighted by atomic mass is 10.2. The summed E-state index contributed by atoms with van der Waals surface area (Å²) in [5.41, 5.74) is 3.64. The zero-order valence-corrected chi connectivity index (χ0v) is 15.4. The van der Waals surface area contributed by atoms with Gasteiger partial charge in [-0.05, 0) is 44.2 Å². The number of rotatable bonds is 6. The van der Waals surface area contributed by atoms with Gasteiger partial charge in [-0.1, -0.05) is 11.8 Å². The summed E-state index contributed by atoms with van der Waals surface area (Å²) in [6.45, 7) is 4.57. The standard InChI is InChI=1S/C18H21N5OS/c1-13-12-14(2)23(21-13)16-6-4-15(5-7-16)17(24)19-9-11-25-18-20-8-10-22(18)3/h4-8,10,12H,9,11H2,1-3H3,(H,19,24). The van der Waals surface area contributed by atoms with E-state index in [1.54, 1.807) is 18.0 Å². The number of aromatic nitrogens is 4. The Balaban J connectivity index is 1.54. The van der Waals surface area contributed by atoms with Crippen LogP contribution in [0.15, 0.2) is 47.9 Å². The number of carbonyl (C=O) groups excluding carboxylic acids is 1. The topological polar surface area (TPSA) is 64.7 Å². The average Bonchev–Trinajstić information content (AvgIpc) is 3.16. The van der Waals surface area contributed by atoms with Crippen molar-refractivity contribution < 1.29 is 4.79 Å². The van der Waals surface area contributed by atoms with Crippen molar-refractivity contribution in [3.8, 4) is 5.69 Å². The van der Waals surface area contributed by atoms with Gasteiger partial charge < -0.3 is 9.88 Å². The number of thioether (sulfide) groups is 1. The van der Waals surface area contributed by atoms with Gasteiger partial charge in [-0.2, -0.15) is 5.10 Å².